The molecule has 1 saturated carbocycles. The Morgan fingerprint density at radius 1 is 1.19 bits per heavy atom. The Kier molecular flexibility index (Phi) is 4.86. The van der Waals surface area contributed by atoms with E-state index < -0.39 is 0 Å². The molecule has 3 unspecified atom stereocenters. The van der Waals surface area contributed by atoms with Gasteiger partial charge < -0.3 is 10.1 Å². The predicted octanol–water partition coefficient (Wildman–Crippen LogP) is 2.89. The molecule has 0 saturated heterocycles. The van der Waals surface area contributed by atoms with Crippen LogP contribution in [-0.4, -0.2) is 25.8 Å². The van der Waals surface area contributed by atoms with Crippen molar-refractivity contribution in [2.24, 2.45) is 5.92 Å². The molecule has 2 aliphatic rings. The quantitative estimate of drug-likeness (QED) is 0.740. The first-order valence-electron chi connectivity index (χ1n) is 6.81. The van der Waals surface area contributed by atoms with E-state index in [4.69, 9.17) is 4.74 Å². The molecule has 0 aliphatic heterocycles. The number of allylic oxidation sites excluding steroid dienone is 2. The molecular formula is C14H25NO. The van der Waals surface area contributed by atoms with Crippen LogP contribution in [0.2, 0.25) is 0 Å². The van der Waals surface area contributed by atoms with E-state index in [2.05, 4.69) is 17.5 Å². The van der Waals surface area contributed by atoms with Gasteiger partial charge in [0.2, 0.25) is 0 Å². The summed E-state index contributed by atoms with van der Waals surface area (Å²) in [6.07, 6.45) is 14.2. The van der Waals surface area contributed by atoms with Crippen molar-refractivity contribution in [1.82, 2.24) is 5.32 Å². The fraction of sp³-hybridized carbons (Fsp3) is 0.857. The smallest absolute Gasteiger partial charge is 0.0724 e. The van der Waals surface area contributed by atoms with E-state index >= 15 is 0 Å². The number of hydrogen-bond donors (Lipinski definition) is 1. The lowest BCUT2D eigenvalue weighted by atomic mass is 9.90. The number of hydrogen-bond acceptors (Lipinski definition) is 2. The third kappa shape index (κ3) is 3.33. The second-order valence-electron chi connectivity index (χ2n) is 5.22. The Bertz CT molecular complexity index is 227. The standard InChI is InChI=1S/C14H25NO/c1-16-14-10-6-5-9-13(14)15-11-12-7-3-2-4-8-12/h2-3,12-15H,4-11H2,1H3. The summed E-state index contributed by atoms with van der Waals surface area (Å²) in [5, 5.41) is 3.73. The van der Waals surface area contributed by atoms with Gasteiger partial charge in [0.1, 0.15) is 0 Å². The maximum Gasteiger partial charge on any atom is 0.0724 e. The molecule has 1 N–H and O–H groups in total. The lowest BCUT2D eigenvalue weighted by Crippen LogP contribution is -2.44. The number of nitrogens with one attached hydrogen (secondary N) is 1. The maximum atomic E-state index is 5.57. The summed E-state index contributed by atoms with van der Waals surface area (Å²) in [4.78, 5) is 0. The second-order valence-corrected chi connectivity index (χ2v) is 5.22. The zero-order valence-corrected chi connectivity index (χ0v) is 10.5. The van der Waals surface area contributed by atoms with Crippen molar-refractivity contribution in [3.8, 4) is 0 Å². The van der Waals surface area contributed by atoms with E-state index in [9.17, 15) is 0 Å². The molecule has 0 amide bonds. The molecule has 0 heterocycles. The minimum atomic E-state index is 0.452. The van der Waals surface area contributed by atoms with E-state index in [0.29, 0.717) is 12.1 Å². The highest BCUT2D eigenvalue weighted by Gasteiger charge is 2.25. The Morgan fingerprint density at radius 3 is 2.81 bits per heavy atom. The third-order valence-electron chi connectivity index (χ3n) is 4.05. The Morgan fingerprint density at radius 2 is 2.06 bits per heavy atom. The Labute approximate surface area is 99.4 Å². The summed E-state index contributed by atoms with van der Waals surface area (Å²) in [6, 6.07) is 0.602. The molecule has 0 bridgehead atoms. The lowest BCUT2D eigenvalue weighted by molar-refractivity contribution is 0.0404. The molecule has 2 nitrogen and oxygen atoms in total. The van der Waals surface area contributed by atoms with Crippen LogP contribution >= 0.6 is 0 Å². The third-order valence-corrected chi connectivity index (χ3v) is 4.05. The Hall–Kier alpha value is -0.340. The molecular weight excluding hydrogens is 198 g/mol. The summed E-state index contributed by atoms with van der Waals surface area (Å²) in [7, 11) is 1.86. The molecule has 0 aromatic carbocycles. The van der Waals surface area contributed by atoms with Crippen LogP contribution < -0.4 is 5.32 Å². The van der Waals surface area contributed by atoms with Crippen molar-refractivity contribution >= 4 is 0 Å². The van der Waals surface area contributed by atoms with Crippen LogP contribution in [0.4, 0.5) is 0 Å². The van der Waals surface area contributed by atoms with Gasteiger partial charge in [0.05, 0.1) is 6.10 Å². The van der Waals surface area contributed by atoms with Crippen LogP contribution in [0.3, 0.4) is 0 Å². The molecule has 2 aliphatic carbocycles. The summed E-state index contributed by atoms with van der Waals surface area (Å²) in [6.45, 7) is 1.18. The van der Waals surface area contributed by atoms with Gasteiger partial charge in [-0.05, 0) is 44.6 Å². The summed E-state index contributed by atoms with van der Waals surface area (Å²) < 4.78 is 5.57. The van der Waals surface area contributed by atoms with Crippen LogP contribution in [0.5, 0.6) is 0 Å². The van der Waals surface area contributed by atoms with E-state index in [0.717, 1.165) is 5.92 Å². The van der Waals surface area contributed by atoms with Crippen molar-refractivity contribution in [3.05, 3.63) is 12.2 Å². The van der Waals surface area contributed by atoms with E-state index in [1.165, 1.54) is 51.5 Å². The first-order chi connectivity index (χ1) is 7.90. The predicted molar refractivity (Wildman–Crippen MR) is 67.5 cm³/mol. The normalized spacial score (nSPS) is 35.2. The SMILES string of the molecule is COC1CCCCC1NCC1CC=CCC1. The fourth-order valence-electron chi connectivity index (χ4n) is 2.97. The van der Waals surface area contributed by atoms with Gasteiger partial charge in [-0.2, -0.15) is 0 Å². The van der Waals surface area contributed by atoms with Gasteiger partial charge in [0.15, 0.2) is 0 Å². The molecule has 0 radical (unpaired) electrons. The van der Waals surface area contributed by atoms with Crippen LogP contribution in [0.25, 0.3) is 0 Å². The molecule has 16 heavy (non-hydrogen) atoms. The second kappa shape index (κ2) is 6.41. The van der Waals surface area contributed by atoms with Crippen molar-refractivity contribution in [2.75, 3.05) is 13.7 Å². The van der Waals surface area contributed by atoms with Crippen LogP contribution in [0.15, 0.2) is 12.2 Å². The summed E-state index contributed by atoms with van der Waals surface area (Å²) in [5.41, 5.74) is 0. The zero-order chi connectivity index (χ0) is 11.2. The van der Waals surface area contributed by atoms with Gasteiger partial charge in [-0.1, -0.05) is 25.0 Å². The van der Waals surface area contributed by atoms with Crippen LogP contribution in [-0.2, 0) is 4.74 Å². The minimum Gasteiger partial charge on any atom is -0.380 e. The van der Waals surface area contributed by atoms with Crippen LogP contribution in [0, 0.1) is 5.92 Å². The van der Waals surface area contributed by atoms with Gasteiger partial charge in [-0.15, -0.1) is 0 Å². The van der Waals surface area contributed by atoms with Gasteiger partial charge in [0, 0.05) is 13.2 Å². The van der Waals surface area contributed by atoms with E-state index in [1.807, 2.05) is 7.11 Å². The van der Waals surface area contributed by atoms with Gasteiger partial charge in [-0.3, -0.25) is 0 Å². The average Bonchev–Trinajstić information content (AvgIpc) is 2.38. The summed E-state index contributed by atoms with van der Waals surface area (Å²) in [5.74, 6) is 0.851. The van der Waals surface area contributed by atoms with E-state index in [-0.39, 0.29) is 0 Å². The zero-order valence-electron chi connectivity index (χ0n) is 10.5. The molecule has 0 aromatic heterocycles. The number of rotatable bonds is 4. The lowest BCUT2D eigenvalue weighted by Gasteiger charge is -2.32. The van der Waals surface area contributed by atoms with Crippen LogP contribution in [0.1, 0.15) is 44.9 Å². The van der Waals surface area contributed by atoms with Crippen molar-refractivity contribution < 1.29 is 4.74 Å². The highest BCUT2D eigenvalue weighted by atomic mass is 16.5. The molecule has 2 rings (SSSR count). The Balaban J connectivity index is 1.72. The largest absolute Gasteiger partial charge is 0.380 e. The molecule has 1 fully saturated rings. The molecule has 0 spiro atoms. The molecule has 0 aromatic rings. The average molecular weight is 223 g/mol. The van der Waals surface area contributed by atoms with Crippen molar-refractivity contribution in [1.29, 1.82) is 0 Å². The first kappa shape index (κ1) is 12.1. The monoisotopic (exact) mass is 223 g/mol. The topological polar surface area (TPSA) is 21.3 Å². The highest BCUT2D eigenvalue weighted by molar-refractivity contribution is 4.91. The first-order valence-corrected chi connectivity index (χ1v) is 6.81. The summed E-state index contributed by atoms with van der Waals surface area (Å²) >= 11 is 0. The van der Waals surface area contributed by atoms with E-state index in [1.54, 1.807) is 0 Å². The van der Waals surface area contributed by atoms with Crippen molar-refractivity contribution in [3.63, 3.8) is 0 Å². The number of methoxy groups -OCH3 is 1. The van der Waals surface area contributed by atoms with Gasteiger partial charge >= 0.3 is 0 Å². The molecule has 92 valence electrons. The molecule has 3 atom stereocenters. The maximum absolute atomic E-state index is 5.57. The fourth-order valence-corrected chi connectivity index (χ4v) is 2.97. The number of ether oxygens (including phenoxy) is 1. The van der Waals surface area contributed by atoms with Crippen molar-refractivity contribution in [2.45, 2.75) is 57.1 Å². The molecule has 2 heteroatoms. The highest BCUT2D eigenvalue weighted by Crippen LogP contribution is 2.22. The van der Waals surface area contributed by atoms with Gasteiger partial charge in [-0.25, -0.2) is 0 Å². The minimum absolute atomic E-state index is 0.452. The van der Waals surface area contributed by atoms with Gasteiger partial charge in [0.25, 0.3) is 0 Å².